The maximum atomic E-state index is 13.5. The summed E-state index contributed by atoms with van der Waals surface area (Å²) >= 11 is 1.18. The van der Waals surface area contributed by atoms with Crippen LogP contribution in [0.4, 0.5) is 14.5 Å². The number of carbonyl (C=O) groups is 2. The lowest BCUT2D eigenvalue weighted by Crippen LogP contribution is -2.25. The fourth-order valence-electron chi connectivity index (χ4n) is 4.10. The monoisotopic (exact) mass is 504 g/mol. The molecule has 0 saturated carbocycles. The third-order valence-electron chi connectivity index (χ3n) is 5.98. The van der Waals surface area contributed by atoms with Crippen LogP contribution in [0.3, 0.4) is 0 Å². The van der Waals surface area contributed by atoms with Gasteiger partial charge in [-0.2, -0.15) is 10.1 Å². The molecule has 0 spiro atoms. The van der Waals surface area contributed by atoms with E-state index < -0.39 is 28.7 Å². The van der Waals surface area contributed by atoms with Crippen molar-refractivity contribution < 1.29 is 18.4 Å². The van der Waals surface area contributed by atoms with Gasteiger partial charge in [0.05, 0.1) is 11.8 Å². The molecule has 2 aliphatic heterocycles. The molecular weight excluding hydrogens is 482 g/mol. The van der Waals surface area contributed by atoms with Crippen LogP contribution >= 0.6 is 11.8 Å². The third-order valence-corrected chi connectivity index (χ3v) is 7.12. The summed E-state index contributed by atoms with van der Waals surface area (Å²) in [6.07, 6.45) is 0.482. The van der Waals surface area contributed by atoms with Gasteiger partial charge < -0.3 is 5.32 Å². The van der Waals surface area contributed by atoms with Gasteiger partial charge in [0.1, 0.15) is 5.25 Å². The van der Waals surface area contributed by atoms with E-state index in [1.54, 1.807) is 5.01 Å². The van der Waals surface area contributed by atoms with Gasteiger partial charge in [-0.1, -0.05) is 71.9 Å². The van der Waals surface area contributed by atoms with Crippen LogP contribution in [-0.2, 0) is 9.59 Å². The second kappa shape index (κ2) is 10.0. The minimum Gasteiger partial charge on any atom is -0.326 e. The van der Waals surface area contributed by atoms with Crippen molar-refractivity contribution in [2.24, 2.45) is 10.1 Å². The first-order valence-corrected chi connectivity index (χ1v) is 12.3. The molecule has 2 atom stereocenters. The van der Waals surface area contributed by atoms with Crippen LogP contribution in [-0.4, -0.2) is 33.0 Å². The van der Waals surface area contributed by atoms with Crippen LogP contribution in [0.2, 0.25) is 0 Å². The highest BCUT2D eigenvalue weighted by molar-refractivity contribution is 8.15. The first kappa shape index (κ1) is 23.9. The Hall–Kier alpha value is -3.85. The molecule has 3 aromatic rings. The Morgan fingerprint density at radius 1 is 1.06 bits per heavy atom. The molecule has 2 amide bonds. The summed E-state index contributed by atoms with van der Waals surface area (Å²) in [5, 5.41) is 8.79. The molecule has 0 aromatic heterocycles. The van der Waals surface area contributed by atoms with Gasteiger partial charge in [0.2, 0.25) is 5.91 Å². The van der Waals surface area contributed by atoms with Crippen molar-refractivity contribution in [3.63, 3.8) is 0 Å². The maximum absolute atomic E-state index is 13.5. The molecule has 2 heterocycles. The van der Waals surface area contributed by atoms with Crippen molar-refractivity contribution in [3.05, 3.63) is 101 Å². The molecule has 5 rings (SSSR count). The Bertz CT molecular complexity index is 1380. The first-order valence-electron chi connectivity index (χ1n) is 11.4. The number of aliphatic imine (C=N–C) groups is 1. The van der Waals surface area contributed by atoms with Crippen LogP contribution in [0, 0.1) is 18.6 Å². The molecule has 0 unspecified atom stereocenters. The lowest BCUT2D eigenvalue weighted by molar-refractivity contribution is -0.121. The number of amidine groups is 1. The number of carbonyl (C=O) groups excluding carboxylic acids is 2. The standard InChI is InChI=1S/C27H22F2N4O2S/c1-16-7-9-18(10-8-16)23-14-22(17-5-3-2-4-6-17)32-33(23)27-31-26(35)24(36-27)15-25(34)30-19-11-12-20(28)21(29)13-19/h2-13,23-24H,14-15H2,1H3,(H,30,34)/t23-,24-/m0/s1. The van der Waals surface area contributed by atoms with Gasteiger partial charge in [0, 0.05) is 24.6 Å². The molecule has 3 aromatic carbocycles. The van der Waals surface area contributed by atoms with E-state index in [9.17, 15) is 18.4 Å². The van der Waals surface area contributed by atoms with Gasteiger partial charge in [0.25, 0.3) is 5.91 Å². The molecule has 6 nitrogen and oxygen atoms in total. The summed E-state index contributed by atoms with van der Waals surface area (Å²) in [4.78, 5) is 29.4. The zero-order chi connectivity index (χ0) is 25.2. The summed E-state index contributed by atoms with van der Waals surface area (Å²) in [5.74, 6) is -2.99. The van der Waals surface area contributed by atoms with E-state index in [1.807, 2.05) is 61.5 Å². The number of nitrogens with zero attached hydrogens (tertiary/aromatic N) is 3. The first-order chi connectivity index (χ1) is 17.4. The normalized spacial score (nSPS) is 19.3. The molecule has 0 fully saturated rings. The molecule has 1 N–H and O–H groups in total. The number of hydrazone groups is 1. The van der Waals surface area contributed by atoms with Crippen LogP contribution in [0.1, 0.15) is 35.6 Å². The minimum absolute atomic E-state index is 0.117. The van der Waals surface area contributed by atoms with Gasteiger partial charge in [-0.3, -0.25) is 9.59 Å². The highest BCUT2D eigenvalue weighted by Crippen LogP contribution is 2.38. The zero-order valence-corrected chi connectivity index (χ0v) is 20.1. The summed E-state index contributed by atoms with van der Waals surface area (Å²) in [5.41, 5.74) is 4.19. The Morgan fingerprint density at radius 3 is 2.53 bits per heavy atom. The van der Waals surface area contributed by atoms with Crippen molar-refractivity contribution in [3.8, 4) is 0 Å². The number of nitrogens with one attached hydrogen (secondary N) is 1. The van der Waals surface area contributed by atoms with Crippen LogP contribution in [0.5, 0.6) is 0 Å². The van der Waals surface area contributed by atoms with E-state index in [1.165, 1.54) is 17.8 Å². The summed E-state index contributed by atoms with van der Waals surface area (Å²) < 4.78 is 26.6. The Kier molecular flexibility index (Phi) is 6.65. The van der Waals surface area contributed by atoms with E-state index in [4.69, 9.17) is 5.10 Å². The van der Waals surface area contributed by atoms with Gasteiger partial charge >= 0.3 is 0 Å². The number of benzene rings is 3. The number of thioether (sulfide) groups is 1. The predicted molar refractivity (Wildman–Crippen MR) is 137 cm³/mol. The third kappa shape index (κ3) is 5.06. The number of halogens is 2. The quantitative estimate of drug-likeness (QED) is 0.501. The van der Waals surface area contributed by atoms with E-state index >= 15 is 0 Å². The van der Waals surface area contributed by atoms with E-state index in [0.29, 0.717) is 11.6 Å². The lowest BCUT2D eigenvalue weighted by atomic mass is 9.98. The average molecular weight is 505 g/mol. The minimum atomic E-state index is -1.06. The predicted octanol–water partition coefficient (Wildman–Crippen LogP) is 5.45. The number of hydrogen-bond acceptors (Lipinski definition) is 5. The second-order valence-corrected chi connectivity index (χ2v) is 9.78. The molecule has 2 aliphatic rings. The summed E-state index contributed by atoms with van der Waals surface area (Å²) in [6.45, 7) is 2.02. The number of amides is 2. The van der Waals surface area contributed by atoms with Crippen LogP contribution < -0.4 is 5.32 Å². The molecule has 0 saturated heterocycles. The fourth-order valence-corrected chi connectivity index (χ4v) is 5.16. The Morgan fingerprint density at radius 2 is 1.81 bits per heavy atom. The van der Waals surface area contributed by atoms with Crippen LogP contribution in [0.25, 0.3) is 0 Å². The average Bonchev–Trinajstić information content (AvgIpc) is 3.46. The zero-order valence-electron chi connectivity index (χ0n) is 19.3. The summed E-state index contributed by atoms with van der Waals surface area (Å²) in [6, 6.07) is 21.0. The van der Waals surface area contributed by atoms with Gasteiger partial charge in [-0.15, -0.1) is 0 Å². The molecular formula is C27H22F2N4O2S. The molecule has 36 heavy (non-hydrogen) atoms. The van der Waals surface area contributed by atoms with Crippen LogP contribution in [0.15, 0.2) is 82.9 Å². The molecule has 0 radical (unpaired) electrons. The fraction of sp³-hybridized carbons (Fsp3) is 0.185. The largest absolute Gasteiger partial charge is 0.326 e. The van der Waals surface area contributed by atoms with E-state index in [0.717, 1.165) is 34.5 Å². The maximum Gasteiger partial charge on any atom is 0.262 e. The van der Waals surface area contributed by atoms with Gasteiger partial charge in [-0.05, 0) is 30.2 Å². The number of rotatable bonds is 5. The molecule has 182 valence electrons. The van der Waals surface area contributed by atoms with Crippen molar-refractivity contribution in [2.75, 3.05) is 5.32 Å². The number of aryl methyl sites for hydroxylation is 1. The van der Waals surface area contributed by atoms with Crippen molar-refractivity contribution in [1.29, 1.82) is 0 Å². The number of hydrogen-bond donors (Lipinski definition) is 1. The van der Waals surface area contributed by atoms with Gasteiger partial charge in [-0.25, -0.2) is 13.8 Å². The van der Waals surface area contributed by atoms with E-state index in [-0.39, 0.29) is 18.2 Å². The number of anilines is 1. The smallest absolute Gasteiger partial charge is 0.262 e. The lowest BCUT2D eigenvalue weighted by Gasteiger charge is -2.23. The second-order valence-electron chi connectivity index (χ2n) is 8.61. The SMILES string of the molecule is Cc1ccc([C@@H]2CC(c3ccccc3)=NN2C2=NC(=O)[C@H](CC(=O)Nc3ccc(F)c(F)c3)S2)cc1. The van der Waals surface area contributed by atoms with Crippen molar-refractivity contribution in [1.82, 2.24) is 5.01 Å². The summed E-state index contributed by atoms with van der Waals surface area (Å²) in [7, 11) is 0. The molecule has 9 heteroatoms. The Labute approximate surface area is 211 Å². The van der Waals surface area contributed by atoms with E-state index in [2.05, 4.69) is 10.3 Å². The van der Waals surface area contributed by atoms with Gasteiger partial charge in [0.15, 0.2) is 16.8 Å². The highest BCUT2D eigenvalue weighted by atomic mass is 32.2. The topological polar surface area (TPSA) is 74.1 Å². The highest BCUT2D eigenvalue weighted by Gasteiger charge is 2.39. The molecule has 0 aliphatic carbocycles. The van der Waals surface area contributed by atoms with Crippen molar-refractivity contribution >= 4 is 40.1 Å². The van der Waals surface area contributed by atoms with Crippen molar-refractivity contribution in [2.45, 2.75) is 31.1 Å². The molecule has 0 bridgehead atoms. The Balaban J connectivity index is 1.33.